The van der Waals surface area contributed by atoms with Gasteiger partial charge in [-0.25, -0.2) is 0 Å². The lowest BCUT2D eigenvalue weighted by Crippen LogP contribution is -1.96. The molecule has 1 aromatic carbocycles. The van der Waals surface area contributed by atoms with Gasteiger partial charge in [0.2, 0.25) is 0 Å². The molecule has 1 N–H and O–H groups in total. The van der Waals surface area contributed by atoms with E-state index in [1.807, 2.05) is 12.1 Å². The summed E-state index contributed by atoms with van der Waals surface area (Å²) < 4.78 is 5.40. The number of phenols is 1. The summed E-state index contributed by atoms with van der Waals surface area (Å²) in [6.45, 7) is 4.29. The number of aromatic hydroxyl groups is 1. The third kappa shape index (κ3) is 3.52. The summed E-state index contributed by atoms with van der Waals surface area (Å²) in [6, 6.07) is 7.01. The van der Waals surface area contributed by atoms with E-state index in [1.165, 1.54) is 0 Å². The highest BCUT2D eigenvalue weighted by Crippen LogP contribution is 2.24. The minimum atomic E-state index is 0.205. The van der Waals surface area contributed by atoms with Crippen LogP contribution in [0.1, 0.15) is 19.3 Å². The van der Waals surface area contributed by atoms with Crippen LogP contribution >= 0.6 is 0 Å². The Balaban J connectivity index is 2.24. The van der Waals surface area contributed by atoms with Crippen molar-refractivity contribution in [2.45, 2.75) is 19.3 Å². The molecule has 0 aromatic heterocycles. The molecule has 0 aliphatic heterocycles. The van der Waals surface area contributed by atoms with Crippen molar-refractivity contribution in [3.05, 3.63) is 36.9 Å². The monoisotopic (exact) mass is 192 g/mol. The Morgan fingerprint density at radius 1 is 1.29 bits per heavy atom. The van der Waals surface area contributed by atoms with E-state index in [1.54, 1.807) is 18.2 Å². The minimum absolute atomic E-state index is 0.205. The van der Waals surface area contributed by atoms with Gasteiger partial charge in [0, 0.05) is 0 Å². The van der Waals surface area contributed by atoms with Gasteiger partial charge < -0.3 is 9.84 Å². The zero-order valence-corrected chi connectivity index (χ0v) is 8.28. The second-order valence-corrected chi connectivity index (χ2v) is 3.10. The number of ether oxygens (including phenoxy) is 1. The second-order valence-electron chi connectivity index (χ2n) is 3.10. The summed E-state index contributed by atoms with van der Waals surface area (Å²) in [5.74, 6) is 0.766. The lowest BCUT2D eigenvalue weighted by atomic mass is 10.2. The second kappa shape index (κ2) is 6.08. The van der Waals surface area contributed by atoms with E-state index in [2.05, 4.69) is 6.58 Å². The fraction of sp³-hybridized carbons (Fsp3) is 0.333. The zero-order chi connectivity index (χ0) is 10.2. The highest BCUT2D eigenvalue weighted by Gasteiger charge is 1.98. The van der Waals surface area contributed by atoms with Crippen LogP contribution in [0.5, 0.6) is 11.5 Å². The van der Waals surface area contributed by atoms with Gasteiger partial charge >= 0.3 is 0 Å². The number of hydrogen-bond acceptors (Lipinski definition) is 2. The molecule has 0 atom stereocenters. The van der Waals surface area contributed by atoms with Crippen LogP contribution in [0.2, 0.25) is 0 Å². The van der Waals surface area contributed by atoms with E-state index in [0.29, 0.717) is 12.4 Å². The van der Waals surface area contributed by atoms with Crippen molar-refractivity contribution < 1.29 is 9.84 Å². The number of rotatable bonds is 6. The van der Waals surface area contributed by atoms with Gasteiger partial charge in [-0.05, 0) is 31.4 Å². The minimum Gasteiger partial charge on any atom is -0.504 e. The van der Waals surface area contributed by atoms with Crippen LogP contribution in [0.3, 0.4) is 0 Å². The van der Waals surface area contributed by atoms with Crippen LogP contribution < -0.4 is 4.74 Å². The standard InChI is InChI=1S/C12H16O2/c1-2-3-4-7-10-14-12-9-6-5-8-11(12)13/h2,5-6,8-9,13H,1,3-4,7,10H2. The predicted molar refractivity (Wildman–Crippen MR) is 57.6 cm³/mol. The maximum Gasteiger partial charge on any atom is 0.160 e. The lowest BCUT2D eigenvalue weighted by Gasteiger charge is -2.06. The maximum absolute atomic E-state index is 9.37. The SMILES string of the molecule is C=CCCCCOc1ccccc1O. The van der Waals surface area contributed by atoms with Crippen LogP contribution in [0.25, 0.3) is 0 Å². The summed E-state index contributed by atoms with van der Waals surface area (Å²) in [6.07, 6.45) is 4.99. The Morgan fingerprint density at radius 3 is 2.79 bits per heavy atom. The van der Waals surface area contributed by atoms with Crippen molar-refractivity contribution >= 4 is 0 Å². The molecular formula is C12H16O2. The smallest absolute Gasteiger partial charge is 0.160 e. The van der Waals surface area contributed by atoms with Crippen molar-refractivity contribution in [1.82, 2.24) is 0 Å². The normalized spacial score (nSPS) is 9.71. The fourth-order valence-corrected chi connectivity index (χ4v) is 1.15. The van der Waals surface area contributed by atoms with Crippen molar-refractivity contribution in [3.63, 3.8) is 0 Å². The van der Waals surface area contributed by atoms with Gasteiger partial charge in [-0.2, -0.15) is 0 Å². The number of para-hydroxylation sites is 2. The molecule has 0 bridgehead atoms. The highest BCUT2D eigenvalue weighted by molar-refractivity contribution is 5.37. The Bertz CT molecular complexity index is 281. The van der Waals surface area contributed by atoms with Gasteiger partial charge in [0.25, 0.3) is 0 Å². The molecule has 0 aliphatic rings. The van der Waals surface area contributed by atoms with Crippen molar-refractivity contribution in [3.8, 4) is 11.5 Å². The third-order valence-electron chi connectivity index (χ3n) is 1.93. The Hall–Kier alpha value is -1.44. The largest absolute Gasteiger partial charge is 0.504 e. The molecular weight excluding hydrogens is 176 g/mol. The van der Waals surface area contributed by atoms with E-state index < -0.39 is 0 Å². The molecule has 2 nitrogen and oxygen atoms in total. The molecule has 0 radical (unpaired) electrons. The Kier molecular flexibility index (Phi) is 4.62. The number of unbranched alkanes of at least 4 members (excludes halogenated alkanes) is 2. The molecule has 14 heavy (non-hydrogen) atoms. The van der Waals surface area contributed by atoms with Crippen molar-refractivity contribution in [1.29, 1.82) is 0 Å². The van der Waals surface area contributed by atoms with E-state index in [0.717, 1.165) is 19.3 Å². The first-order valence-corrected chi connectivity index (χ1v) is 4.86. The molecule has 0 spiro atoms. The molecule has 0 amide bonds. The number of benzene rings is 1. The summed E-state index contributed by atoms with van der Waals surface area (Å²) in [5.41, 5.74) is 0. The van der Waals surface area contributed by atoms with Gasteiger partial charge in [0.1, 0.15) is 0 Å². The van der Waals surface area contributed by atoms with Crippen LogP contribution in [-0.2, 0) is 0 Å². The third-order valence-corrected chi connectivity index (χ3v) is 1.93. The average Bonchev–Trinajstić information content (AvgIpc) is 2.20. The van der Waals surface area contributed by atoms with E-state index in [4.69, 9.17) is 4.74 Å². The highest BCUT2D eigenvalue weighted by atomic mass is 16.5. The lowest BCUT2D eigenvalue weighted by molar-refractivity contribution is 0.291. The van der Waals surface area contributed by atoms with Crippen LogP contribution in [0.15, 0.2) is 36.9 Å². The fourth-order valence-electron chi connectivity index (χ4n) is 1.15. The summed E-state index contributed by atoms with van der Waals surface area (Å²) in [5, 5.41) is 9.37. The van der Waals surface area contributed by atoms with Crippen LogP contribution in [-0.4, -0.2) is 11.7 Å². The molecule has 76 valence electrons. The molecule has 1 rings (SSSR count). The van der Waals surface area contributed by atoms with Gasteiger partial charge in [-0.15, -0.1) is 6.58 Å². The maximum atomic E-state index is 9.37. The first-order chi connectivity index (χ1) is 6.84. The molecule has 2 heteroatoms. The zero-order valence-electron chi connectivity index (χ0n) is 8.28. The predicted octanol–water partition coefficient (Wildman–Crippen LogP) is 3.13. The Labute approximate surface area is 84.8 Å². The molecule has 0 heterocycles. The number of allylic oxidation sites excluding steroid dienone is 1. The molecule has 0 unspecified atom stereocenters. The van der Waals surface area contributed by atoms with Gasteiger partial charge in [-0.1, -0.05) is 18.2 Å². The number of hydrogen-bond donors (Lipinski definition) is 1. The van der Waals surface area contributed by atoms with E-state index in [-0.39, 0.29) is 5.75 Å². The summed E-state index contributed by atoms with van der Waals surface area (Å²) in [7, 11) is 0. The van der Waals surface area contributed by atoms with Crippen molar-refractivity contribution in [2.75, 3.05) is 6.61 Å². The summed E-state index contributed by atoms with van der Waals surface area (Å²) >= 11 is 0. The van der Waals surface area contributed by atoms with Gasteiger partial charge in [-0.3, -0.25) is 0 Å². The number of phenolic OH excluding ortho intramolecular Hbond substituents is 1. The average molecular weight is 192 g/mol. The Morgan fingerprint density at radius 2 is 2.07 bits per heavy atom. The quantitative estimate of drug-likeness (QED) is 0.554. The van der Waals surface area contributed by atoms with Crippen LogP contribution in [0, 0.1) is 0 Å². The van der Waals surface area contributed by atoms with Gasteiger partial charge in [0.15, 0.2) is 11.5 Å². The molecule has 0 saturated carbocycles. The molecule has 0 aliphatic carbocycles. The van der Waals surface area contributed by atoms with Gasteiger partial charge in [0.05, 0.1) is 6.61 Å². The summed E-state index contributed by atoms with van der Waals surface area (Å²) in [4.78, 5) is 0. The van der Waals surface area contributed by atoms with E-state index >= 15 is 0 Å². The topological polar surface area (TPSA) is 29.5 Å². The van der Waals surface area contributed by atoms with Crippen molar-refractivity contribution in [2.24, 2.45) is 0 Å². The molecule has 0 fully saturated rings. The van der Waals surface area contributed by atoms with E-state index in [9.17, 15) is 5.11 Å². The van der Waals surface area contributed by atoms with Crippen LogP contribution in [0.4, 0.5) is 0 Å². The molecule has 1 aromatic rings. The first-order valence-electron chi connectivity index (χ1n) is 4.86. The first kappa shape index (κ1) is 10.6. The molecule has 0 saturated heterocycles.